The van der Waals surface area contributed by atoms with Gasteiger partial charge in [0, 0.05) is 24.9 Å². The summed E-state index contributed by atoms with van der Waals surface area (Å²) in [5.74, 6) is 2.71. The highest BCUT2D eigenvalue weighted by molar-refractivity contribution is 5.04. The standard InChI is InChI=1S/C14H22N6/c1-3-20-13(11-19-8-4-7-15-19)16-17-14(20)12-5-9-18(2)10-6-12/h4,7-8,12H,3,5-6,9-11H2,1-2H3. The molecular weight excluding hydrogens is 252 g/mol. The van der Waals surface area contributed by atoms with Crippen LogP contribution in [0.4, 0.5) is 0 Å². The van der Waals surface area contributed by atoms with Gasteiger partial charge in [-0.2, -0.15) is 5.10 Å². The van der Waals surface area contributed by atoms with E-state index in [1.54, 1.807) is 6.20 Å². The zero-order valence-electron chi connectivity index (χ0n) is 12.2. The zero-order valence-corrected chi connectivity index (χ0v) is 12.2. The van der Waals surface area contributed by atoms with Gasteiger partial charge in [0.25, 0.3) is 0 Å². The van der Waals surface area contributed by atoms with Crippen LogP contribution < -0.4 is 0 Å². The van der Waals surface area contributed by atoms with Gasteiger partial charge in [0.1, 0.15) is 12.4 Å². The minimum absolute atomic E-state index is 0.546. The minimum atomic E-state index is 0.546. The number of aromatic nitrogens is 5. The van der Waals surface area contributed by atoms with Crippen molar-refractivity contribution in [3.05, 3.63) is 30.1 Å². The Hall–Kier alpha value is -1.69. The maximum atomic E-state index is 4.47. The smallest absolute Gasteiger partial charge is 0.154 e. The molecule has 0 radical (unpaired) electrons. The summed E-state index contributed by atoms with van der Waals surface area (Å²) >= 11 is 0. The molecule has 0 bridgehead atoms. The fourth-order valence-corrected chi connectivity index (χ4v) is 2.92. The Morgan fingerprint density at radius 3 is 2.70 bits per heavy atom. The molecule has 0 aromatic carbocycles. The molecular formula is C14H22N6. The first kappa shape index (κ1) is 13.3. The molecule has 0 aliphatic carbocycles. The lowest BCUT2D eigenvalue weighted by atomic mass is 9.96. The van der Waals surface area contributed by atoms with Crippen LogP contribution in [0.25, 0.3) is 0 Å². The fraction of sp³-hybridized carbons (Fsp3) is 0.643. The molecule has 2 aromatic rings. The van der Waals surface area contributed by atoms with Crippen molar-refractivity contribution in [1.29, 1.82) is 0 Å². The van der Waals surface area contributed by atoms with E-state index >= 15 is 0 Å². The van der Waals surface area contributed by atoms with Crippen LogP contribution in [0.15, 0.2) is 18.5 Å². The van der Waals surface area contributed by atoms with Crippen molar-refractivity contribution < 1.29 is 0 Å². The molecule has 0 atom stereocenters. The molecule has 0 unspecified atom stereocenters. The average Bonchev–Trinajstić information content (AvgIpc) is 3.10. The van der Waals surface area contributed by atoms with Gasteiger partial charge in [0.05, 0.1) is 0 Å². The summed E-state index contributed by atoms with van der Waals surface area (Å²) in [5.41, 5.74) is 0. The fourth-order valence-electron chi connectivity index (χ4n) is 2.92. The molecule has 1 saturated heterocycles. The number of hydrogen-bond donors (Lipinski definition) is 0. The molecule has 108 valence electrons. The van der Waals surface area contributed by atoms with Gasteiger partial charge < -0.3 is 9.47 Å². The molecule has 6 nitrogen and oxygen atoms in total. The molecule has 20 heavy (non-hydrogen) atoms. The third-order valence-electron chi connectivity index (χ3n) is 4.12. The van der Waals surface area contributed by atoms with Crippen LogP contribution in [-0.4, -0.2) is 49.6 Å². The molecule has 1 aliphatic rings. The number of rotatable bonds is 4. The molecule has 3 heterocycles. The summed E-state index contributed by atoms with van der Waals surface area (Å²) in [4.78, 5) is 2.38. The number of nitrogens with zero attached hydrogens (tertiary/aromatic N) is 6. The third-order valence-corrected chi connectivity index (χ3v) is 4.12. The molecule has 0 spiro atoms. The highest BCUT2D eigenvalue weighted by Gasteiger charge is 2.24. The Morgan fingerprint density at radius 2 is 2.05 bits per heavy atom. The summed E-state index contributed by atoms with van der Waals surface area (Å²) in [6.45, 7) is 6.07. The van der Waals surface area contributed by atoms with Gasteiger partial charge in [0.15, 0.2) is 5.82 Å². The summed E-state index contributed by atoms with van der Waals surface area (Å²) < 4.78 is 4.16. The Labute approximate surface area is 119 Å². The Kier molecular flexibility index (Phi) is 3.82. The lowest BCUT2D eigenvalue weighted by molar-refractivity contribution is 0.248. The number of likely N-dealkylation sites (tertiary alicyclic amines) is 1. The highest BCUT2D eigenvalue weighted by Crippen LogP contribution is 2.26. The second kappa shape index (κ2) is 5.75. The normalized spacial score (nSPS) is 17.7. The number of hydrogen-bond acceptors (Lipinski definition) is 4. The van der Waals surface area contributed by atoms with Crippen molar-refractivity contribution >= 4 is 0 Å². The highest BCUT2D eigenvalue weighted by atomic mass is 15.3. The second-order valence-electron chi connectivity index (χ2n) is 5.50. The molecule has 1 fully saturated rings. The van der Waals surface area contributed by atoms with E-state index < -0.39 is 0 Å². The Morgan fingerprint density at radius 1 is 1.25 bits per heavy atom. The number of piperidine rings is 1. The molecule has 1 aliphatic heterocycles. The SMILES string of the molecule is CCn1c(Cn2cccn2)nnc1C1CCN(C)CC1. The summed E-state index contributed by atoms with van der Waals surface area (Å²) in [5, 5.41) is 13.1. The van der Waals surface area contributed by atoms with E-state index in [0.29, 0.717) is 12.5 Å². The molecule has 0 amide bonds. The van der Waals surface area contributed by atoms with E-state index in [9.17, 15) is 0 Å². The van der Waals surface area contributed by atoms with E-state index in [-0.39, 0.29) is 0 Å². The third kappa shape index (κ3) is 2.60. The van der Waals surface area contributed by atoms with E-state index in [1.165, 1.54) is 12.8 Å². The topological polar surface area (TPSA) is 51.8 Å². The van der Waals surface area contributed by atoms with E-state index in [0.717, 1.165) is 31.3 Å². The van der Waals surface area contributed by atoms with Crippen LogP contribution in [0, 0.1) is 0 Å². The molecule has 0 N–H and O–H groups in total. The van der Waals surface area contributed by atoms with Crippen molar-refractivity contribution in [2.24, 2.45) is 0 Å². The first-order valence-electron chi connectivity index (χ1n) is 7.36. The first-order chi connectivity index (χ1) is 9.78. The van der Waals surface area contributed by atoms with Gasteiger partial charge in [0.2, 0.25) is 0 Å². The van der Waals surface area contributed by atoms with Crippen molar-refractivity contribution in [3.63, 3.8) is 0 Å². The van der Waals surface area contributed by atoms with Crippen LogP contribution in [0.1, 0.15) is 37.3 Å². The largest absolute Gasteiger partial charge is 0.313 e. The predicted molar refractivity (Wildman–Crippen MR) is 76.5 cm³/mol. The van der Waals surface area contributed by atoms with Gasteiger partial charge in [-0.1, -0.05) is 0 Å². The maximum Gasteiger partial charge on any atom is 0.154 e. The van der Waals surface area contributed by atoms with Gasteiger partial charge in [-0.3, -0.25) is 4.68 Å². The van der Waals surface area contributed by atoms with Crippen molar-refractivity contribution in [2.75, 3.05) is 20.1 Å². The van der Waals surface area contributed by atoms with Gasteiger partial charge in [-0.05, 0) is 46.0 Å². The van der Waals surface area contributed by atoms with E-state index in [4.69, 9.17) is 0 Å². The maximum absolute atomic E-state index is 4.47. The quantitative estimate of drug-likeness (QED) is 0.844. The van der Waals surface area contributed by atoms with Crippen LogP contribution in [0.3, 0.4) is 0 Å². The van der Waals surface area contributed by atoms with Crippen LogP contribution >= 0.6 is 0 Å². The molecule has 0 saturated carbocycles. The van der Waals surface area contributed by atoms with Crippen molar-refractivity contribution in [3.8, 4) is 0 Å². The monoisotopic (exact) mass is 274 g/mol. The summed E-state index contributed by atoms with van der Waals surface area (Å²) in [6, 6.07) is 1.94. The van der Waals surface area contributed by atoms with Crippen LogP contribution in [0.5, 0.6) is 0 Å². The van der Waals surface area contributed by atoms with Gasteiger partial charge in [-0.25, -0.2) is 0 Å². The average molecular weight is 274 g/mol. The first-order valence-corrected chi connectivity index (χ1v) is 7.36. The molecule has 2 aromatic heterocycles. The van der Waals surface area contributed by atoms with Crippen molar-refractivity contribution in [1.82, 2.24) is 29.4 Å². The van der Waals surface area contributed by atoms with Crippen LogP contribution in [-0.2, 0) is 13.1 Å². The van der Waals surface area contributed by atoms with E-state index in [1.807, 2.05) is 16.9 Å². The second-order valence-corrected chi connectivity index (χ2v) is 5.50. The minimum Gasteiger partial charge on any atom is -0.313 e. The zero-order chi connectivity index (χ0) is 13.9. The summed E-state index contributed by atoms with van der Waals surface area (Å²) in [6.07, 6.45) is 6.11. The lowest BCUT2D eigenvalue weighted by Crippen LogP contribution is -2.30. The predicted octanol–water partition coefficient (Wildman–Crippen LogP) is 1.35. The molecule has 6 heteroatoms. The molecule has 3 rings (SSSR count). The summed E-state index contributed by atoms with van der Waals surface area (Å²) in [7, 11) is 2.18. The Balaban J connectivity index is 1.80. The van der Waals surface area contributed by atoms with Crippen LogP contribution in [0.2, 0.25) is 0 Å². The lowest BCUT2D eigenvalue weighted by Gasteiger charge is -2.28. The van der Waals surface area contributed by atoms with Gasteiger partial charge >= 0.3 is 0 Å². The van der Waals surface area contributed by atoms with Gasteiger partial charge in [-0.15, -0.1) is 10.2 Å². The Bertz CT molecular complexity index is 536. The van der Waals surface area contributed by atoms with Crippen molar-refractivity contribution in [2.45, 2.75) is 38.8 Å². The van der Waals surface area contributed by atoms with E-state index in [2.05, 4.69) is 38.7 Å².